The molecular weight excluding hydrogens is 216 g/mol. The van der Waals surface area contributed by atoms with Crippen LogP contribution in [0.15, 0.2) is 12.7 Å². The van der Waals surface area contributed by atoms with Crippen LogP contribution in [0.5, 0.6) is 0 Å². The van der Waals surface area contributed by atoms with Gasteiger partial charge in [-0.3, -0.25) is 4.68 Å². The van der Waals surface area contributed by atoms with E-state index in [9.17, 15) is 8.42 Å². The van der Waals surface area contributed by atoms with Gasteiger partial charge in [0.25, 0.3) is 0 Å². The third kappa shape index (κ3) is 3.00. The number of hydrogen-bond donors (Lipinski definition) is 0. The Balaban J connectivity index is 2.53. The minimum atomic E-state index is -3.16. The Labute approximate surface area is 90.0 Å². The van der Waals surface area contributed by atoms with Crippen molar-refractivity contribution in [1.29, 1.82) is 0 Å². The molecule has 0 radical (unpaired) electrons. The van der Waals surface area contributed by atoms with Crippen molar-refractivity contribution in [1.82, 2.24) is 19.1 Å². The summed E-state index contributed by atoms with van der Waals surface area (Å²) in [5.41, 5.74) is 0. The van der Waals surface area contributed by atoms with Gasteiger partial charge in [-0.05, 0) is 13.8 Å². The molecule has 0 saturated heterocycles. The summed E-state index contributed by atoms with van der Waals surface area (Å²) in [7, 11) is -1.58. The zero-order chi connectivity index (χ0) is 11.5. The van der Waals surface area contributed by atoms with Gasteiger partial charge in [-0.25, -0.2) is 17.7 Å². The minimum Gasteiger partial charge on any atom is -0.252 e. The van der Waals surface area contributed by atoms with Crippen molar-refractivity contribution in [2.24, 2.45) is 0 Å². The molecule has 0 unspecified atom stereocenters. The van der Waals surface area contributed by atoms with Gasteiger partial charge in [0.05, 0.1) is 11.8 Å². The van der Waals surface area contributed by atoms with Crippen molar-refractivity contribution in [3.63, 3.8) is 0 Å². The lowest BCUT2D eigenvalue weighted by Crippen LogP contribution is -2.35. The van der Waals surface area contributed by atoms with Crippen molar-refractivity contribution < 1.29 is 8.42 Å². The predicted octanol–water partition coefficient (Wildman–Crippen LogP) is -0.0519. The topological polar surface area (TPSA) is 68.1 Å². The van der Waals surface area contributed by atoms with E-state index in [-0.39, 0.29) is 0 Å². The zero-order valence-corrected chi connectivity index (χ0v) is 9.98. The highest BCUT2D eigenvalue weighted by Crippen LogP contribution is 2.05. The molecule has 0 spiro atoms. The average molecular weight is 232 g/mol. The van der Waals surface area contributed by atoms with Crippen molar-refractivity contribution in [3.8, 4) is 0 Å². The molecule has 7 heteroatoms. The predicted molar refractivity (Wildman–Crippen MR) is 56.7 cm³/mol. The summed E-state index contributed by atoms with van der Waals surface area (Å²) in [5, 5.41) is 3.51. The molecule has 0 aliphatic carbocycles. The summed E-state index contributed by atoms with van der Waals surface area (Å²) in [4.78, 5) is 3.78. The maximum Gasteiger partial charge on any atom is 0.216 e. The van der Waals surface area contributed by atoms with Crippen LogP contribution in [-0.2, 0) is 16.6 Å². The quantitative estimate of drug-likeness (QED) is 0.713. The van der Waals surface area contributed by atoms with Crippen LogP contribution in [0.4, 0.5) is 0 Å². The van der Waals surface area contributed by atoms with E-state index in [4.69, 9.17) is 0 Å². The van der Waals surface area contributed by atoms with Crippen LogP contribution >= 0.6 is 0 Å². The highest BCUT2D eigenvalue weighted by Gasteiger charge is 2.21. The van der Waals surface area contributed by atoms with Gasteiger partial charge in [-0.1, -0.05) is 0 Å². The maximum absolute atomic E-state index is 11.7. The van der Waals surface area contributed by atoms with Crippen LogP contribution in [-0.4, -0.2) is 46.3 Å². The Kier molecular flexibility index (Phi) is 3.81. The summed E-state index contributed by atoms with van der Waals surface area (Å²) in [6, 6.07) is 0. The van der Waals surface area contributed by atoms with Crippen LogP contribution in [0.1, 0.15) is 13.8 Å². The molecule has 0 bridgehead atoms. The number of sulfonamides is 1. The molecule has 0 fully saturated rings. The summed E-state index contributed by atoms with van der Waals surface area (Å²) in [5.74, 6) is 0. The number of rotatable bonds is 5. The van der Waals surface area contributed by atoms with E-state index in [2.05, 4.69) is 10.1 Å². The molecule has 86 valence electrons. The first-order valence-electron chi connectivity index (χ1n) is 4.72. The van der Waals surface area contributed by atoms with E-state index < -0.39 is 15.3 Å². The SMILES string of the molecule is CC(C)S(=O)(=O)N(C)CCn1cncn1. The number of nitrogens with zero attached hydrogens (tertiary/aromatic N) is 4. The Hall–Kier alpha value is -0.950. The van der Waals surface area contributed by atoms with Gasteiger partial charge in [0, 0.05) is 13.6 Å². The van der Waals surface area contributed by atoms with Crippen LogP contribution < -0.4 is 0 Å². The summed E-state index contributed by atoms with van der Waals surface area (Å²) >= 11 is 0. The lowest BCUT2D eigenvalue weighted by Gasteiger charge is -2.19. The molecule has 0 aliphatic rings. The average Bonchev–Trinajstić information content (AvgIpc) is 2.66. The standard InChI is InChI=1S/C8H16N4O2S/c1-8(2)15(13,14)11(3)4-5-12-7-9-6-10-12/h6-8H,4-5H2,1-3H3. The fourth-order valence-corrected chi connectivity index (χ4v) is 2.13. The molecular formula is C8H16N4O2S. The minimum absolute atomic E-state index is 0.391. The molecule has 6 nitrogen and oxygen atoms in total. The van der Waals surface area contributed by atoms with E-state index in [0.717, 1.165) is 0 Å². The first kappa shape index (κ1) is 12.1. The third-order valence-corrected chi connectivity index (χ3v) is 4.38. The third-order valence-electron chi connectivity index (χ3n) is 2.14. The van der Waals surface area contributed by atoms with E-state index in [1.165, 1.54) is 10.6 Å². The van der Waals surface area contributed by atoms with Gasteiger partial charge in [0.15, 0.2) is 0 Å². The van der Waals surface area contributed by atoms with E-state index >= 15 is 0 Å². The summed E-state index contributed by atoms with van der Waals surface area (Å²) in [6.45, 7) is 4.26. The normalized spacial score (nSPS) is 12.6. The zero-order valence-electron chi connectivity index (χ0n) is 9.16. The molecule has 1 rings (SSSR count). The van der Waals surface area contributed by atoms with Crippen LogP contribution in [0.25, 0.3) is 0 Å². The Morgan fingerprint density at radius 2 is 2.13 bits per heavy atom. The molecule has 1 aromatic rings. The number of aromatic nitrogens is 3. The molecule has 0 aromatic carbocycles. The van der Waals surface area contributed by atoms with Crippen LogP contribution in [0, 0.1) is 0 Å². The maximum atomic E-state index is 11.7. The highest BCUT2D eigenvalue weighted by molar-refractivity contribution is 7.89. The lowest BCUT2D eigenvalue weighted by atomic mass is 10.6. The van der Waals surface area contributed by atoms with Gasteiger partial charge >= 0.3 is 0 Å². The molecule has 0 aliphatic heterocycles. The molecule has 0 amide bonds. The first-order valence-corrected chi connectivity index (χ1v) is 6.22. The molecule has 0 N–H and O–H groups in total. The Morgan fingerprint density at radius 1 is 1.47 bits per heavy atom. The summed E-state index contributed by atoms with van der Waals surface area (Å²) < 4.78 is 26.3. The molecule has 0 saturated carbocycles. The van der Waals surface area contributed by atoms with Crippen LogP contribution in [0.2, 0.25) is 0 Å². The van der Waals surface area contributed by atoms with Crippen molar-refractivity contribution in [2.45, 2.75) is 25.6 Å². The Morgan fingerprint density at radius 3 is 2.60 bits per heavy atom. The van der Waals surface area contributed by atoms with E-state index in [1.54, 1.807) is 31.9 Å². The van der Waals surface area contributed by atoms with Gasteiger partial charge in [0.1, 0.15) is 12.7 Å². The fraction of sp³-hybridized carbons (Fsp3) is 0.750. The second-order valence-electron chi connectivity index (χ2n) is 3.57. The smallest absolute Gasteiger partial charge is 0.216 e. The second-order valence-corrected chi connectivity index (χ2v) is 6.17. The van der Waals surface area contributed by atoms with Gasteiger partial charge in [-0.2, -0.15) is 5.10 Å². The fourth-order valence-electron chi connectivity index (χ4n) is 1.08. The largest absolute Gasteiger partial charge is 0.252 e. The monoisotopic (exact) mass is 232 g/mol. The van der Waals surface area contributed by atoms with E-state index in [0.29, 0.717) is 13.1 Å². The van der Waals surface area contributed by atoms with Gasteiger partial charge in [-0.15, -0.1) is 0 Å². The number of likely N-dealkylation sites (N-methyl/N-ethyl adjacent to an activating group) is 1. The first-order chi connectivity index (χ1) is 6.94. The molecule has 15 heavy (non-hydrogen) atoms. The van der Waals surface area contributed by atoms with Gasteiger partial charge < -0.3 is 0 Å². The Bertz CT molecular complexity index is 385. The number of hydrogen-bond acceptors (Lipinski definition) is 4. The molecule has 1 aromatic heterocycles. The second kappa shape index (κ2) is 4.71. The summed E-state index contributed by atoms with van der Waals surface area (Å²) in [6.07, 6.45) is 2.99. The lowest BCUT2D eigenvalue weighted by molar-refractivity contribution is 0.428. The molecule has 0 atom stereocenters. The molecule has 1 heterocycles. The van der Waals surface area contributed by atoms with Crippen molar-refractivity contribution in [2.75, 3.05) is 13.6 Å². The van der Waals surface area contributed by atoms with Crippen LogP contribution in [0.3, 0.4) is 0 Å². The van der Waals surface area contributed by atoms with Crippen molar-refractivity contribution in [3.05, 3.63) is 12.7 Å². The van der Waals surface area contributed by atoms with Crippen molar-refractivity contribution >= 4 is 10.0 Å². The van der Waals surface area contributed by atoms with E-state index in [1.807, 2.05) is 0 Å². The highest BCUT2D eigenvalue weighted by atomic mass is 32.2. The van der Waals surface area contributed by atoms with Gasteiger partial charge in [0.2, 0.25) is 10.0 Å².